The summed E-state index contributed by atoms with van der Waals surface area (Å²) in [6.07, 6.45) is 0. The minimum absolute atomic E-state index is 0. The third-order valence-corrected chi connectivity index (χ3v) is 20.4. The van der Waals surface area contributed by atoms with Crippen LogP contribution >= 0.6 is 0 Å². The van der Waals surface area contributed by atoms with E-state index in [2.05, 4.69) is 228 Å². The van der Waals surface area contributed by atoms with Crippen molar-refractivity contribution in [2.75, 3.05) is 0 Å². The molecule has 3 aliphatic carbocycles. The zero-order valence-corrected chi connectivity index (χ0v) is 69.5. The second-order valence-corrected chi connectivity index (χ2v) is 31.5. The first-order valence-electron chi connectivity index (χ1n) is 30.1. The maximum atomic E-state index is 10.3. The van der Waals surface area contributed by atoms with E-state index in [1.165, 1.54) is 0 Å². The molecule has 3 aromatic carbocycles. The molecule has 0 radical (unpaired) electrons. The molecule has 0 spiro atoms. The predicted octanol–water partition coefficient (Wildman–Crippen LogP) is 21.5. The summed E-state index contributed by atoms with van der Waals surface area (Å²) in [4.78, 5) is 0. The van der Waals surface area contributed by atoms with Crippen LogP contribution in [0, 0.1) is 209 Å². The molecular weight excluding hydrogens is 1610 g/mol. The first-order chi connectivity index (χ1) is 33.6. The van der Waals surface area contributed by atoms with Crippen LogP contribution < -0.4 is 0 Å². The summed E-state index contributed by atoms with van der Waals surface area (Å²) in [5, 5.41) is 30.8. The Hall–Kier alpha value is 1.03. The minimum atomic E-state index is -0.00859. The smallest absolute Gasteiger partial charge is 0.123 e. The third-order valence-electron chi connectivity index (χ3n) is 20.4. The standard InChI is InChI=1S/3C14H22O.3C10H20.3Th/c3*1-13(2,3)10-8-7-9-11(12(10)15)14(4,5)6;3*1-6-7(2)9(4)10(5)8(6)3;;;/h3*7-9,15H,1-6H3;3*6-10H,1-5H3;;;. The molecule has 3 aromatic rings. The summed E-state index contributed by atoms with van der Waals surface area (Å²) < 4.78 is 0. The van der Waals surface area contributed by atoms with Gasteiger partial charge in [0.05, 0.1) is 0 Å². The van der Waals surface area contributed by atoms with E-state index >= 15 is 0 Å². The molecule has 0 bridgehead atoms. The fourth-order valence-electron chi connectivity index (χ4n) is 12.4. The topological polar surface area (TPSA) is 60.7 Å². The van der Waals surface area contributed by atoms with Gasteiger partial charge in [-0.1, -0.05) is 283 Å². The quantitative estimate of drug-likeness (QED) is 0.210. The van der Waals surface area contributed by atoms with Crippen LogP contribution in [0.3, 0.4) is 0 Å². The van der Waals surface area contributed by atoms with Gasteiger partial charge in [0.15, 0.2) is 0 Å². The molecule has 3 fully saturated rings. The van der Waals surface area contributed by atoms with E-state index < -0.39 is 0 Å². The molecule has 444 valence electrons. The second-order valence-electron chi connectivity index (χ2n) is 31.5. The number of phenolic OH excluding ortho intramolecular Hbond substituents is 3. The predicted molar refractivity (Wildman–Crippen MR) is 334 cm³/mol. The van der Waals surface area contributed by atoms with Crippen LogP contribution in [-0.2, 0) is 32.5 Å². The third kappa shape index (κ3) is 23.0. The molecule has 0 aliphatic heterocycles. The average molecular weight is 1740 g/mol. The van der Waals surface area contributed by atoms with Crippen LogP contribution in [0.4, 0.5) is 0 Å². The van der Waals surface area contributed by atoms with E-state index in [1.807, 2.05) is 54.6 Å². The minimum Gasteiger partial charge on any atom is -0.507 e. The van der Waals surface area contributed by atoms with Crippen LogP contribution in [-0.4, -0.2) is 15.3 Å². The Morgan fingerprint density at radius 3 is 0.346 bits per heavy atom. The monoisotopic (exact) mass is 1740 g/mol. The number of rotatable bonds is 0. The fourth-order valence-corrected chi connectivity index (χ4v) is 12.4. The number of aromatic hydroxyl groups is 3. The average Bonchev–Trinajstić information content (AvgIpc) is 3.63. The van der Waals surface area contributed by atoms with Crippen molar-refractivity contribution in [1.82, 2.24) is 0 Å². The van der Waals surface area contributed by atoms with Gasteiger partial charge in [0.25, 0.3) is 0 Å². The molecule has 3 aliphatic rings. The molecule has 3 nitrogen and oxygen atoms in total. The Bertz CT molecular complexity index is 1710. The largest absolute Gasteiger partial charge is 0.507 e. The van der Waals surface area contributed by atoms with Gasteiger partial charge in [-0.05, 0) is 155 Å². The van der Waals surface area contributed by atoms with Crippen LogP contribution in [0.15, 0.2) is 54.6 Å². The Morgan fingerprint density at radius 2 is 0.282 bits per heavy atom. The molecule has 3 saturated carbocycles. The zero-order chi connectivity index (χ0) is 59.2. The van der Waals surface area contributed by atoms with Gasteiger partial charge >= 0.3 is 0 Å². The zero-order valence-electron chi connectivity index (χ0n) is 57.2. The van der Waals surface area contributed by atoms with E-state index in [-0.39, 0.29) is 152 Å². The molecule has 0 saturated heterocycles. The van der Waals surface area contributed by atoms with Gasteiger partial charge in [-0.2, -0.15) is 0 Å². The summed E-state index contributed by atoms with van der Waals surface area (Å²) in [5.41, 5.74) is 6.09. The van der Waals surface area contributed by atoms with E-state index in [9.17, 15) is 15.3 Å². The molecule has 0 unspecified atom stereocenters. The van der Waals surface area contributed by atoms with Gasteiger partial charge in [0.1, 0.15) is 17.2 Å². The van der Waals surface area contributed by atoms with E-state index in [0.717, 1.165) is 122 Å². The molecular formula is C72H126O3Th3. The van der Waals surface area contributed by atoms with Crippen molar-refractivity contribution >= 4 is 0 Å². The number of hydrogen-bond acceptors (Lipinski definition) is 3. The SMILES string of the molecule is CC(C)(C)c1cccc(C(C)(C)C)c1O.CC(C)(C)c1cccc(C(C)(C)C)c1O.CC(C)(C)c1cccc(C(C)(C)C)c1O.CC1C(C)C(C)C(C)C1C.CC1C(C)C(C)C(C)C1C.CC1C(C)C(C)C(C)C1C.[Th].[Th].[Th]. The van der Waals surface area contributed by atoms with Gasteiger partial charge in [-0.3, -0.25) is 0 Å². The van der Waals surface area contributed by atoms with E-state index in [0.29, 0.717) is 17.2 Å². The summed E-state index contributed by atoms with van der Waals surface area (Å²) in [6.45, 7) is 74.1. The van der Waals surface area contributed by atoms with Gasteiger partial charge in [0, 0.05) is 120 Å². The first-order valence-corrected chi connectivity index (χ1v) is 30.1. The second kappa shape index (κ2) is 33.2. The molecule has 78 heavy (non-hydrogen) atoms. The van der Waals surface area contributed by atoms with Crippen LogP contribution in [0.2, 0.25) is 0 Å². The maximum absolute atomic E-state index is 10.3. The summed E-state index contributed by atoms with van der Waals surface area (Å²) >= 11 is 0. The number of benzene rings is 3. The Kier molecular flexibility index (Phi) is 35.5. The fraction of sp³-hybridized carbons (Fsp3) is 0.750. The van der Waals surface area contributed by atoms with Crippen molar-refractivity contribution < 1.29 is 135 Å². The van der Waals surface area contributed by atoms with Gasteiger partial charge in [-0.25, -0.2) is 0 Å². The van der Waals surface area contributed by atoms with Crippen molar-refractivity contribution in [2.45, 2.75) is 261 Å². The number of para-hydroxylation sites is 3. The summed E-state index contributed by atoms with van der Waals surface area (Å²) in [6, 6.07) is 18.1. The molecule has 6 heteroatoms. The maximum Gasteiger partial charge on any atom is 0.123 e. The Morgan fingerprint density at radius 1 is 0.205 bits per heavy atom. The molecule has 0 heterocycles. The van der Waals surface area contributed by atoms with Crippen LogP contribution in [0.25, 0.3) is 0 Å². The molecule has 0 atom stereocenters. The van der Waals surface area contributed by atoms with E-state index in [1.54, 1.807) is 0 Å². The molecule has 3 N–H and O–H groups in total. The van der Waals surface area contributed by atoms with E-state index in [4.69, 9.17) is 0 Å². The van der Waals surface area contributed by atoms with Gasteiger partial charge < -0.3 is 15.3 Å². The van der Waals surface area contributed by atoms with Crippen LogP contribution in [0.5, 0.6) is 17.2 Å². The summed E-state index contributed by atoms with van der Waals surface area (Å²) in [5.74, 6) is 15.4. The normalized spacial score (nSPS) is 28.8. The van der Waals surface area contributed by atoms with Crippen LogP contribution in [0.1, 0.15) is 262 Å². The molecule has 0 amide bonds. The Labute approximate surface area is 582 Å². The molecule has 6 rings (SSSR count). The van der Waals surface area contributed by atoms with Crippen molar-refractivity contribution in [1.29, 1.82) is 0 Å². The Balaban J connectivity index is -0.000000867. The molecule has 0 aromatic heterocycles. The number of hydrogen-bond donors (Lipinski definition) is 3. The van der Waals surface area contributed by atoms with Crippen molar-refractivity contribution in [3.05, 3.63) is 88.0 Å². The van der Waals surface area contributed by atoms with Gasteiger partial charge in [0.2, 0.25) is 0 Å². The first kappa shape index (κ1) is 83.2. The van der Waals surface area contributed by atoms with Crippen molar-refractivity contribution in [3.63, 3.8) is 0 Å². The van der Waals surface area contributed by atoms with Crippen molar-refractivity contribution in [3.8, 4) is 17.2 Å². The summed E-state index contributed by atoms with van der Waals surface area (Å²) in [7, 11) is 0. The van der Waals surface area contributed by atoms with Crippen molar-refractivity contribution in [2.24, 2.45) is 88.8 Å². The van der Waals surface area contributed by atoms with Gasteiger partial charge in [-0.15, -0.1) is 0 Å². The number of phenols is 3.